The van der Waals surface area contributed by atoms with E-state index in [1.54, 1.807) is 31.0 Å². The summed E-state index contributed by atoms with van der Waals surface area (Å²) in [7, 11) is 3.08. The van der Waals surface area contributed by atoms with Gasteiger partial charge >= 0.3 is 6.61 Å². The van der Waals surface area contributed by atoms with E-state index in [0.717, 1.165) is 11.6 Å². The lowest BCUT2D eigenvalue weighted by molar-refractivity contribution is -0.120. The number of hydrogen-bond donors (Lipinski definition) is 1. The number of likely N-dealkylation sites (N-methyl/N-ethyl adjacent to an activating group) is 1. The van der Waals surface area contributed by atoms with Crippen molar-refractivity contribution < 1.29 is 27.4 Å². The Morgan fingerprint density at radius 3 is 2.54 bits per heavy atom. The molecule has 2 rings (SSSR count). The molecule has 0 spiro atoms. The van der Waals surface area contributed by atoms with Crippen LogP contribution in [-0.4, -0.2) is 37.6 Å². The van der Waals surface area contributed by atoms with Crippen molar-refractivity contribution in [3.05, 3.63) is 52.8 Å². The quantitative estimate of drug-likeness (QED) is 0.686. The molecule has 0 heterocycles. The van der Waals surface area contributed by atoms with Gasteiger partial charge in [0.2, 0.25) is 5.91 Å². The maximum atomic E-state index is 13.1. The average Bonchev–Trinajstić information content (AvgIpc) is 2.64. The van der Waals surface area contributed by atoms with Crippen molar-refractivity contribution in [1.82, 2.24) is 4.90 Å². The van der Waals surface area contributed by atoms with Crippen molar-refractivity contribution in [2.75, 3.05) is 19.5 Å². The molecule has 0 saturated carbocycles. The van der Waals surface area contributed by atoms with Gasteiger partial charge in [-0.2, -0.15) is 8.78 Å². The van der Waals surface area contributed by atoms with Gasteiger partial charge in [-0.3, -0.25) is 9.69 Å². The molecule has 152 valence electrons. The second-order valence-electron chi connectivity index (χ2n) is 6.07. The summed E-state index contributed by atoms with van der Waals surface area (Å²) in [5.74, 6) is -0.732. The molecule has 2 aromatic rings. The van der Waals surface area contributed by atoms with E-state index >= 15 is 0 Å². The van der Waals surface area contributed by atoms with Gasteiger partial charge in [-0.15, -0.1) is 0 Å². The second-order valence-corrected chi connectivity index (χ2v) is 6.48. The molecule has 0 aliphatic carbocycles. The lowest BCUT2D eigenvalue weighted by Crippen LogP contribution is -2.39. The smallest absolute Gasteiger partial charge is 0.387 e. The highest BCUT2D eigenvalue weighted by Crippen LogP contribution is 2.30. The molecular formula is C19H20ClF3N2O3. The fourth-order valence-corrected chi connectivity index (χ4v) is 2.67. The topological polar surface area (TPSA) is 50.8 Å². The number of hydrogen-bond acceptors (Lipinski definition) is 4. The van der Waals surface area contributed by atoms with Gasteiger partial charge in [-0.1, -0.05) is 17.7 Å². The third-order valence-corrected chi connectivity index (χ3v) is 4.42. The molecule has 9 heteroatoms. The molecule has 1 N–H and O–H groups in total. The van der Waals surface area contributed by atoms with Crippen LogP contribution in [0.3, 0.4) is 0 Å². The number of anilines is 1. The zero-order valence-electron chi connectivity index (χ0n) is 15.5. The Morgan fingerprint density at radius 1 is 1.21 bits per heavy atom. The minimum absolute atomic E-state index is 0.0688. The molecule has 0 aliphatic heterocycles. The monoisotopic (exact) mass is 416 g/mol. The highest BCUT2D eigenvalue weighted by molar-refractivity contribution is 6.33. The van der Waals surface area contributed by atoms with Crippen LogP contribution in [0, 0.1) is 5.82 Å². The van der Waals surface area contributed by atoms with E-state index in [2.05, 4.69) is 10.1 Å². The van der Waals surface area contributed by atoms with Gasteiger partial charge in [0, 0.05) is 6.54 Å². The van der Waals surface area contributed by atoms with E-state index in [9.17, 15) is 18.0 Å². The highest BCUT2D eigenvalue weighted by Gasteiger charge is 2.20. The molecule has 0 fully saturated rings. The number of carbonyl (C=O) groups excluding carboxylic acids is 1. The van der Waals surface area contributed by atoms with Crippen molar-refractivity contribution in [2.24, 2.45) is 0 Å². The number of benzene rings is 2. The van der Waals surface area contributed by atoms with E-state index in [1.165, 1.54) is 25.3 Å². The molecule has 0 unspecified atom stereocenters. The Labute approximate surface area is 166 Å². The standard InChI is InChI=1S/C19H20ClF3N2O3/c1-11(18(26)24-15-6-5-13(21)9-14(15)20)25(2)10-12-4-7-16(28-19(22)23)17(8-12)27-3/h4-9,11,19H,10H2,1-3H3,(H,24,26)/t11-/m1/s1. The van der Waals surface area contributed by atoms with Crippen LogP contribution in [0.5, 0.6) is 11.5 Å². The number of nitrogens with one attached hydrogen (secondary N) is 1. The van der Waals surface area contributed by atoms with Crippen molar-refractivity contribution >= 4 is 23.2 Å². The molecule has 0 bridgehead atoms. The summed E-state index contributed by atoms with van der Waals surface area (Å²) < 4.78 is 47.4. The lowest BCUT2D eigenvalue weighted by Gasteiger charge is -2.24. The molecular weight excluding hydrogens is 397 g/mol. The SMILES string of the molecule is COc1cc(CN(C)[C@H](C)C(=O)Nc2ccc(F)cc2Cl)ccc1OC(F)F. The minimum atomic E-state index is -2.95. The number of amides is 1. The maximum absolute atomic E-state index is 13.1. The lowest BCUT2D eigenvalue weighted by atomic mass is 10.1. The Morgan fingerprint density at radius 2 is 1.93 bits per heavy atom. The third-order valence-electron chi connectivity index (χ3n) is 4.11. The van der Waals surface area contributed by atoms with Crippen LogP contribution in [0.15, 0.2) is 36.4 Å². The zero-order valence-corrected chi connectivity index (χ0v) is 16.3. The predicted molar refractivity (Wildman–Crippen MR) is 101 cm³/mol. The first-order chi connectivity index (χ1) is 13.2. The Kier molecular flexibility index (Phi) is 7.53. The van der Waals surface area contributed by atoms with Crippen LogP contribution in [-0.2, 0) is 11.3 Å². The number of alkyl halides is 2. The first-order valence-corrected chi connectivity index (χ1v) is 8.67. The van der Waals surface area contributed by atoms with Crippen LogP contribution < -0.4 is 14.8 Å². The van der Waals surface area contributed by atoms with Crippen LogP contribution in [0.4, 0.5) is 18.9 Å². The summed E-state index contributed by atoms with van der Waals surface area (Å²) >= 11 is 5.92. The van der Waals surface area contributed by atoms with E-state index in [1.807, 2.05) is 0 Å². The molecule has 1 amide bonds. The van der Waals surface area contributed by atoms with E-state index < -0.39 is 18.5 Å². The summed E-state index contributed by atoms with van der Waals surface area (Å²) in [4.78, 5) is 14.2. The maximum Gasteiger partial charge on any atom is 0.387 e. The first kappa shape index (κ1) is 21.8. The second kappa shape index (κ2) is 9.66. The number of methoxy groups -OCH3 is 1. The van der Waals surface area contributed by atoms with Crippen LogP contribution in [0.2, 0.25) is 5.02 Å². The van der Waals surface area contributed by atoms with Crippen LogP contribution >= 0.6 is 11.6 Å². The molecule has 0 aliphatic rings. The number of halogens is 4. The van der Waals surface area contributed by atoms with Gasteiger partial charge in [-0.25, -0.2) is 4.39 Å². The molecule has 0 saturated heterocycles. The molecule has 2 aromatic carbocycles. The Hall–Kier alpha value is -2.45. The van der Waals surface area contributed by atoms with Gasteiger partial charge in [0.1, 0.15) is 5.82 Å². The Bertz CT molecular complexity index is 836. The highest BCUT2D eigenvalue weighted by atomic mass is 35.5. The van der Waals surface area contributed by atoms with Crippen molar-refractivity contribution in [3.63, 3.8) is 0 Å². The van der Waals surface area contributed by atoms with Crippen molar-refractivity contribution in [3.8, 4) is 11.5 Å². The molecule has 28 heavy (non-hydrogen) atoms. The number of ether oxygens (including phenoxy) is 2. The predicted octanol–water partition coefficient (Wildman–Crippen LogP) is 4.55. The van der Waals surface area contributed by atoms with E-state index in [4.69, 9.17) is 16.3 Å². The van der Waals surface area contributed by atoms with Crippen molar-refractivity contribution in [1.29, 1.82) is 0 Å². The largest absolute Gasteiger partial charge is 0.493 e. The van der Waals surface area contributed by atoms with Gasteiger partial charge in [-0.05, 0) is 49.9 Å². The van der Waals surface area contributed by atoms with Crippen LogP contribution in [0.1, 0.15) is 12.5 Å². The number of rotatable bonds is 8. The molecule has 0 radical (unpaired) electrons. The van der Waals surface area contributed by atoms with Crippen LogP contribution in [0.25, 0.3) is 0 Å². The van der Waals surface area contributed by atoms with Gasteiger partial charge in [0.25, 0.3) is 0 Å². The summed E-state index contributed by atoms with van der Waals surface area (Å²) in [6.07, 6.45) is 0. The summed E-state index contributed by atoms with van der Waals surface area (Å²) in [5, 5.41) is 2.75. The molecule has 0 aromatic heterocycles. The summed E-state index contributed by atoms with van der Waals surface area (Å²) in [6.45, 7) is -0.917. The minimum Gasteiger partial charge on any atom is -0.493 e. The summed E-state index contributed by atoms with van der Waals surface area (Å²) in [5.41, 5.74) is 1.05. The average molecular weight is 417 g/mol. The zero-order chi connectivity index (χ0) is 20.8. The molecule has 5 nitrogen and oxygen atoms in total. The van der Waals surface area contributed by atoms with E-state index in [0.29, 0.717) is 12.2 Å². The van der Waals surface area contributed by atoms with E-state index in [-0.39, 0.29) is 22.4 Å². The summed E-state index contributed by atoms with van der Waals surface area (Å²) in [6, 6.07) is 7.70. The Balaban J connectivity index is 2.04. The fourth-order valence-electron chi connectivity index (χ4n) is 2.46. The number of carbonyl (C=O) groups is 1. The first-order valence-electron chi connectivity index (χ1n) is 8.29. The third kappa shape index (κ3) is 5.77. The van der Waals surface area contributed by atoms with Crippen molar-refractivity contribution in [2.45, 2.75) is 26.1 Å². The van der Waals surface area contributed by atoms with Gasteiger partial charge in [0.05, 0.1) is 23.9 Å². The number of nitrogens with zero attached hydrogens (tertiary/aromatic N) is 1. The molecule has 1 atom stereocenters. The van der Waals surface area contributed by atoms with Gasteiger partial charge in [0.15, 0.2) is 11.5 Å². The normalized spacial score (nSPS) is 12.2. The van der Waals surface area contributed by atoms with Gasteiger partial charge < -0.3 is 14.8 Å². The fraction of sp³-hybridized carbons (Fsp3) is 0.316.